The van der Waals surface area contributed by atoms with Crippen LogP contribution in [0.15, 0.2) is 47.4 Å². The van der Waals surface area contributed by atoms with Gasteiger partial charge in [0, 0.05) is 6.04 Å². The third-order valence-corrected chi connectivity index (χ3v) is 7.96. The van der Waals surface area contributed by atoms with Crippen LogP contribution in [-0.4, -0.2) is 49.9 Å². The van der Waals surface area contributed by atoms with E-state index < -0.39 is 50.7 Å². The summed E-state index contributed by atoms with van der Waals surface area (Å²) in [5.41, 5.74) is -0.698. The van der Waals surface area contributed by atoms with Gasteiger partial charge in [-0.1, -0.05) is 43.1 Å². The molecule has 0 aromatic heterocycles. The number of carbonyl (C=O) groups is 2. The van der Waals surface area contributed by atoms with E-state index in [4.69, 9.17) is 21.5 Å². The number of rotatable bonds is 6. The highest BCUT2D eigenvalue weighted by molar-refractivity contribution is 7.91. The Balaban J connectivity index is 0.000000673. The number of alkyl halides is 6. The monoisotopic (exact) mass is 602 g/mol. The van der Waals surface area contributed by atoms with Crippen LogP contribution in [0.1, 0.15) is 53.7 Å². The van der Waals surface area contributed by atoms with Gasteiger partial charge in [-0.15, -0.1) is 0 Å². The highest BCUT2D eigenvalue weighted by Gasteiger charge is 2.38. The number of carbonyl (C=O) groups excluding carboxylic acids is 1. The van der Waals surface area contributed by atoms with Gasteiger partial charge < -0.3 is 15.7 Å². The lowest BCUT2D eigenvalue weighted by molar-refractivity contribution is -0.192. The summed E-state index contributed by atoms with van der Waals surface area (Å²) in [6.07, 6.45) is -7.12. The summed E-state index contributed by atoms with van der Waals surface area (Å²) >= 11 is 5.93. The third-order valence-electron chi connectivity index (χ3n) is 5.81. The Morgan fingerprint density at radius 3 is 2.13 bits per heavy atom. The topological polar surface area (TPSA) is 113 Å². The molecule has 0 spiro atoms. The SMILES string of the molecule is CCS(=O)(=O)c1ccc([C@H](NC(=O)c2cccc(C(F)(F)F)c2Cl)[C@H]2CCCCN2)cc1.O=C(O)C(F)(F)F. The first kappa shape index (κ1) is 32.4. The van der Waals surface area contributed by atoms with Crippen LogP contribution >= 0.6 is 11.6 Å². The Morgan fingerprint density at radius 1 is 1.08 bits per heavy atom. The molecule has 3 N–H and O–H groups in total. The number of carboxylic acid groups (broad SMARTS) is 1. The van der Waals surface area contributed by atoms with Gasteiger partial charge in [-0.25, -0.2) is 13.2 Å². The number of hydrogen-bond donors (Lipinski definition) is 3. The van der Waals surface area contributed by atoms with Crippen LogP contribution < -0.4 is 10.6 Å². The summed E-state index contributed by atoms with van der Waals surface area (Å²) in [5, 5.41) is 12.6. The molecule has 1 heterocycles. The number of piperidine rings is 1. The highest BCUT2D eigenvalue weighted by atomic mass is 35.5. The Kier molecular flexibility index (Phi) is 10.8. The van der Waals surface area contributed by atoms with Crippen molar-refractivity contribution in [3.63, 3.8) is 0 Å². The molecule has 15 heteroatoms. The zero-order valence-corrected chi connectivity index (χ0v) is 21.9. The summed E-state index contributed by atoms with van der Waals surface area (Å²) in [7, 11) is -3.38. The van der Waals surface area contributed by atoms with E-state index in [9.17, 15) is 39.6 Å². The summed E-state index contributed by atoms with van der Waals surface area (Å²) in [5.74, 6) is -3.53. The standard InChI is InChI=1S/C22H24ClF3N2O3S.C2HF3O2/c1-2-32(30,31)15-11-9-14(10-12-15)20(18-8-3-4-13-27-18)28-21(29)16-6-5-7-17(19(16)23)22(24,25)26;3-2(4,5)1(6)7/h5-7,9-12,18,20,27H,2-4,8,13H2,1H3,(H,28,29);(H,6,7)/t18-,20+;/m1./s1. The molecule has 7 nitrogen and oxygen atoms in total. The molecule has 1 aliphatic rings. The van der Waals surface area contributed by atoms with E-state index in [-0.39, 0.29) is 22.3 Å². The second kappa shape index (κ2) is 13.0. The molecule has 0 radical (unpaired) electrons. The van der Waals surface area contributed by atoms with Gasteiger partial charge in [-0.2, -0.15) is 26.3 Å². The molecular weight excluding hydrogens is 578 g/mol. The summed E-state index contributed by atoms with van der Waals surface area (Å²) in [4.78, 5) is 22.0. The Labute approximate surface area is 225 Å². The van der Waals surface area contributed by atoms with Crippen LogP contribution in [-0.2, 0) is 20.8 Å². The summed E-state index contributed by atoms with van der Waals surface area (Å²) < 4.78 is 95.5. The predicted molar refractivity (Wildman–Crippen MR) is 130 cm³/mol. The van der Waals surface area contributed by atoms with Crippen molar-refractivity contribution in [2.45, 2.75) is 55.5 Å². The van der Waals surface area contributed by atoms with Crippen molar-refractivity contribution < 1.29 is 49.5 Å². The van der Waals surface area contributed by atoms with E-state index in [1.54, 1.807) is 19.1 Å². The van der Waals surface area contributed by atoms with Crippen molar-refractivity contribution in [1.82, 2.24) is 10.6 Å². The molecule has 1 amide bonds. The van der Waals surface area contributed by atoms with Crippen LogP contribution in [0.5, 0.6) is 0 Å². The van der Waals surface area contributed by atoms with Gasteiger partial charge in [0.2, 0.25) is 0 Å². The lowest BCUT2D eigenvalue weighted by Gasteiger charge is -2.32. The van der Waals surface area contributed by atoms with Crippen molar-refractivity contribution in [3.05, 3.63) is 64.2 Å². The molecule has 0 saturated carbocycles. The number of nitrogens with one attached hydrogen (secondary N) is 2. The maximum Gasteiger partial charge on any atom is 0.490 e. The second-order valence-electron chi connectivity index (χ2n) is 8.45. The van der Waals surface area contributed by atoms with Gasteiger partial charge in [0.25, 0.3) is 5.91 Å². The minimum absolute atomic E-state index is 0.0370. The molecule has 39 heavy (non-hydrogen) atoms. The molecule has 0 aliphatic carbocycles. The van der Waals surface area contributed by atoms with E-state index in [2.05, 4.69) is 10.6 Å². The number of carboxylic acids is 1. The molecule has 1 saturated heterocycles. The van der Waals surface area contributed by atoms with Gasteiger partial charge in [-0.3, -0.25) is 4.79 Å². The number of aliphatic carboxylic acids is 1. The molecule has 0 unspecified atom stereocenters. The summed E-state index contributed by atoms with van der Waals surface area (Å²) in [6, 6.07) is 8.68. The van der Waals surface area contributed by atoms with Crippen molar-refractivity contribution >= 4 is 33.3 Å². The van der Waals surface area contributed by atoms with Crippen molar-refractivity contribution in [3.8, 4) is 0 Å². The van der Waals surface area contributed by atoms with E-state index in [1.165, 1.54) is 18.2 Å². The molecule has 2 aromatic carbocycles. The summed E-state index contributed by atoms with van der Waals surface area (Å²) in [6.45, 7) is 2.29. The molecule has 1 aliphatic heterocycles. The van der Waals surface area contributed by atoms with Gasteiger partial charge in [-0.05, 0) is 49.2 Å². The first-order chi connectivity index (χ1) is 18.0. The van der Waals surface area contributed by atoms with Crippen molar-refractivity contribution in [2.75, 3.05) is 12.3 Å². The zero-order valence-electron chi connectivity index (χ0n) is 20.4. The fourth-order valence-corrected chi connectivity index (χ4v) is 4.98. The molecular formula is C24H25ClF6N2O5S. The van der Waals surface area contributed by atoms with E-state index in [1.807, 2.05) is 0 Å². The van der Waals surface area contributed by atoms with Crippen LogP contribution in [0.25, 0.3) is 0 Å². The van der Waals surface area contributed by atoms with Crippen molar-refractivity contribution in [2.24, 2.45) is 0 Å². The smallest absolute Gasteiger partial charge is 0.475 e. The lowest BCUT2D eigenvalue weighted by Crippen LogP contribution is -2.46. The quantitative estimate of drug-likeness (QED) is 0.382. The Bertz CT molecular complexity index is 1260. The number of hydrogen-bond acceptors (Lipinski definition) is 5. The average molecular weight is 603 g/mol. The van der Waals surface area contributed by atoms with Gasteiger partial charge in [0.05, 0.1) is 32.8 Å². The normalized spacial score (nSPS) is 17.0. The largest absolute Gasteiger partial charge is 0.490 e. The minimum Gasteiger partial charge on any atom is -0.475 e. The fourth-order valence-electron chi connectivity index (χ4n) is 3.77. The molecule has 216 valence electrons. The van der Waals surface area contributed by atoms with Gasteiger partial charge in [0.1, 0.15) is 0 Å². The molecule has 0 bridgehead atoms. The fraction of sp³-hybridized carbons (Fsp3) is 0.417. The highest BCUT2D eigenvalue weighted by Crippen LogP contribution is 2.36. The molecule has 2 atom stereocenters. The number of sulfone groups is 1. The number of benzene rings is 2. The first-order valence-corrected chi connectivity index (χ1v) is 13.5. The maximum absolute atomic E-state index is 13.2. The van der Waals surface area contributed by atoms with Crippen LogP contribution in [0.3, 0.4) is 0 Å². The van der Waals surface area contributed by atoms with Crippen LogP contribution in [0.4, 0.5) is 26.3 Å². The maximum atomic E-state index is 13.2. The van der Waals surface area contributed by atoms with Gasteiger partial charge >= 0.3 is 18.3 Å². The minimum atomic E-state index is -5.08. The lowest BCUT2D eigenvalue weighted by atomic mass is 9.92. The van der Waals surface area contributed by atoms with Crippen LogP contribution in [0.2, 0.25) is 5.02 Å². The predicted octanol–water partition coefficient (Wildman–Crippen LogP) is 5.40. The third kappa shape index (κ3) is 8.83. The Hall–Kier alpha value is -2.84. The molecule has 3 rings (SSSR count). The number of halogens is 7. The van der Waals surface area contributed by atoms with E-state index >= 15 is 0 Å². The van der Waals surface area contributed by atoms with Gasteiger partial charge in [0.15, 0.2) is 9.84 Å². The molecule has 1 fully saturated rings. The van der Waals surface area contributed by atoms with E-state index in [0.29, 0.717) is 5.56 Å². The van der Waals surface area contributed by atoms with E-state index in [0.717, 1.165) is 37.9 Å². The Morgan fingerprint density at radius 2 is 1.67 bits per heavy atom. The molecule has 2 aromatic rings. The van der Waals surface area contributed by atoms with Crippen molar-refractivity contribution in [1.29, 1.82) is 0 Å². The second-order valence-corrected chi connectivity index (χ2v) is 11.1. The average Bonchev–Trinajstić information content (AvgIpc) is 2.87. The number of amides is 1. The zero-order chi connectivity index (χ0) is 29.6. The first-order valence-electron chi connectivity index (χ1n) is 11.5. The van der Waals surface area contributed by atoms with Crippen LogP contribution in [0, 0.1) is 0 Å².